The highest BCUT2D eigenvalue weighted by atomic mass is 16.1. The molecule has 0 fully saturated rings. The minimum absolute atomic E-state index is 0.218. The van der Waals surface area contributed by atoms with E-state index in [4.69, 9.17) is 5.26 Å². The molecule has 102 valence electrons. The minimum Gasteiger partial charge on any atom is -0.345 e. The van der Waals surface area contributed by atoms with Crippen LogP contribution >= 0.6 is 0 Å². The number of aryl methyl sites for hydroxylation is 1. The molecule has 1 amide bonds. The molecule has 0 saturated heterocycles. The molecule has 0 aliphatic heterocycles. The number of imidazole rings is 1. The van der Waals surface area contributed by atoms with Gasteiger partial charge in [0.05, 0.1) is 29.0 Å². The first kappa shape index (κ1) is 12.9. The number of aromatic amines is 1. The van der Waals surface area contributed by atoms with E-state index in [0.29, 0.717) is 16.8 Å². The zero-order valence-corrected chi connectivity index (χ0v) is 11.3. The molecule has 0 spiro atoms. The number of anilines is 1. The molecule has 0 aliphatic rings. The summed E-state index contributed by atoms with van der Waals surface area (Å²) in [7, 11) is 0. The van der Waals surface area contributed by atoms with Gasteiger partial charge in [0.2, 0.25) is 0 Å². The van der Waals surface area contributed by atoms with E-state index < -0.39 is 0 Å². The van der Waals surface area contributed by atoms with Crippen LogP contribution in [0.25, 0.3) is 11.0 Å². The van der Waals surface area contributed by atoms with Gasteiger partial charge in [0.15, 0.2) is 0 Å². The molecule has 21 heavy (non-hydrogen) atoms. The van der Waals surface area contributed by atoms with Gasteiger partial charge in [-0.3, -0.25) is 4.79 Å². The predicted octanol–water partition coefficient (Wildman–Crippen LogP) is 3.00. The Morgan fingerprint density at radius 2 is 2.14 bits per heavy atom. The van der Waals surface area contributed by atoms with Crippen molar-refractivity contribution in [3.63, 3.8) is 0 Å². The first-order valence-corrected chi connectivity index (χ1v) is 6.42. The zero-order valence-electron chi connectivity index (χ0n) is 11.3. The monoisotopic (exact) mass is 276 g/mol. The van der Waals surface area contributed by atoms with E-state index >= 15 is 0 Å². The third-order valence-corrected chi connectivity index (χ3v) is 3.30. The van der Waals surface area contributed by atoms with Crippen molar-refractivity contribution in [2.75, 3.05) is 5.32 Å². The summed E-state index contributed by atoms with van der Waals surface area (Å²) in [6.07, 6.45) is 1.59. The van der Waals surface area contributed by atoms with Crippen LogP contribution in [0.3, 0.4) is 0 Å². The summed E-state index contributed by atoms with van der Waals surface area (Å²) in [5, 5.41) is 11.8. The number of carbonyl (C=O) groups is 1. The number of carbonyl (C=O) groups excluding carboxylic acids is 1. The maximum Gasteiger partial charge on any atom is 0.255 e. The van der Waals surface area contributed by atoms with Crippen LogP contribution in [0, 0.1) is 18.3 Å². The molecule has 5 heteroatoms. The fraction of sp³-hybridized carbons (Fsp3) is 0.0625. The number of amides is 1. The fourth-order valence-corrected chi connectivity index (χ4v) is 2.10. The average molecular weight is 276 g/mol. The number of hydrogen-bond donors (Lipinski definition) is 2. The Kier molecular flexibility index (Phi) is 3.13. The lowest BCUT2D eigenvalue weighted by molar-refractivity contribution is 0.102. The van der Waals surface area contributed by atoms with E-state index in [-0.39, 0.29) is 5.91 Å². The van der Waals surface area contributed by atoms with Crippen molar-refractivity contribution in [3.05, 3.63) is 59.4 Å². The van der Waals surface area contributed by atoms with Gasteiger partial charge in [-0.1, -0.05) is 6.07 Å². The summed E-state index contributed by atoms with van der Waals surface area (Å²) in [6.45, 7) is 1.88. The Bertz CT molecular complexity index is 873. The smallest absolute Gasteiger partial charge is 0.255 e. The molecule has 2 N–H and O–H groups in total. The normalized spacial score (nSPS) is 10.3. The van der Waals surface area contributed by atoms with Crippen LogP contribution in [-0.4, -0.2) is 15.9 Å². The highest BCUT2D eigenvalue weighted by molar-refractivity contribution is 6.06. The van der Waals surface area contributed by atoms with Crippen molar-refractivity contribution in [1.82, 2.24) is 9.97 Å². The van der Waals surface area contributed by atoms with E-state index in [1.807, 2.05) is 13.0 Å². The SMILES string of the molecule is Cc1ccc(C#N)cc1NC(=O)c1ccc2nc[nH]c2c1. The lowest BCUT2D eigenvalue weighted by Crippen LogP contribution is -2.12. The van der Waals surface area contributed by atoms with Gasteiger partial charge in [-0.05, 0) is 42.8 Å². The van der Waals surface area contributed by atoms with Gasteiger partial charge in [-0.15, -0.1) is 0 Å². The van der Waals surface area contributed by atoms with Gasteiger partial charge in [0, 0.05) is 11.3 Å². The Morgan fingerprint density at radius 1 is 1.29 bits per heavy atom. The lowest BCUT2D eigenvalue weighted by Gasteiger charge is -2.08. The van der Waals surface area contributed by atoms with Gasteiger partial charge in [0.1, 0.15) is 0 Å². The van der Waals surface area contributed by atoms with Crippen molar-refractivity contribution in [1.29, 1.82) is 5.26 Å². The Labute approximate surface area is 121 Å². The first-order valence-electron chi connectivity index (χ1n) is 6.42. The van der Waals surface area contributed by atoms with Gasteiger partial charge >= 0.3 is 0 Å². The van der Waals surface area contributed by atoms with Crippen LogP contribution in [0.15, 0.2) is 42.7 Å². The first-order chi connectivity index (χ1) is 10.2. The minimum atomic E-state index is -0.218. The highest BCUT2D eigenvalue weighted by Gasteiger charge is 2.09. The standard InChI is InChI=1S/C16H12N4O/c1-10-2-3-11(8-17)6-14(10)20-16(21)12-4-5-13-15(7-12)19-9-18-13/h2-7,9H,1H3,(H,18,19)(H,20,21). The number of hydrogen-bond acceptors (Lipinski definition) is 3. The molecule has 0 atom stereocenters. The number of rotatable bonds is 2. The molecule has 1 heterocycles. The number of H-pyrrole nitrogens is 1. The molecule has 0 saturated carbocycles. The van der Waals surface area contributed by atoms with Crippen molar-refractivity contribution < 1.29 is 4.79 Å². The van der Waals surface area contributed by atoms with Crippen molar-refractivity contribution in [2.24, 2.45) is 0 Å². The van der Waals surface area contributed by atoms with Gasteiger partial charge in [0.25, 0.3) is 5.91 Å². The van der Waals surface area contributed by atoms with Crippen molar-refractivity contribution in [3.8, 4) is 6.07 Å². The number of nitriles is 1. The van der Waals surface area contributed by atoms with Crippen LogP contribution in [0.1, 0.15) is 21.5 Å². The second kappa shape index (κ2) is 5.10. The van der Waals surface area contributed by atoms with E-state index in [9.17, 15) is 4.79 Å². The molecule has 5 nitrogen and oxygen atoms in total. The topological polar surface area (TPSA) is 81.6 Å². The second-order valence-corrected chi connectivity index (χ2v) is 4.73. The zero-order chi connectivity index (χ0) is 14.8. The molecular formula is C16H12N4O. The number of nitrogens with zero attached hydrogens (tertiary/aromatic N) is 2. The van der Waals surface area contributed by atoms with Crippen LogP contribution in [0.2, 0.25) is 0 Å². The number of benzene rings is 2. The van der Waals surface area contributed by atoms with Gasteiger partial charge < -0.3 is 10.3 Å². The van der Waals surface area contributed by atoms with Crippen LogP contribution < -0.4 is 5.32 Å². The molecule has 0 unspecified atom stereocenters. The van der Waals surface area contributed by atoms with E-state index in [0.717, 1.165) is 16.6 Å². The van der Waals surface area contributed by atoms with Gasteiger partial charge in [-0.25, -0.2) is 4.98 Å². The maximum atomic E-state index is 12.3. The molecule has 2 aromatic carbocycles. The second-order valence-electron chi connectivity index (χ2n) is 4.73. The van der Waals surface area contributed by atoms with Crippen molar-refractivity contribution >= 4 is 22.6 Å². The molecule has 1 aromatic heterocycles. The molecular weight excluding hydrogens is 264 g/mol. The third-order valence-electron chi connectivity index (χ3n) is 3.30. The summed E-state index contributed by atoms with van der Waals surface area (Å²) in [4.78, 5) is 19.4. The summed E-state index contributed by atoms with van der Waals surface area (Å²) in [5.41, 5.74) is 4.22. The van der Waals surface area contributed by atoms with Gasteiger partial charge in [-0.2, -0.15) is 5.26 Å². The van der Waals surface area contributed by atoms with Crippen LogP contribution in [0.5, 0.6) is 0 Å². The van der Waals surface area contributed by atoms with Crippen LogP contribution in [0.4, 0.5) is 5.69 Å². The number of fused-ring (bicyclic) bond motifs is 1. The molecule has 3 aromatic rings. The summed E-state index contributed by atoms with van der Waals surface area (Å²) in [6, 6.07) is 12.5. The predicted molar refractivity (Wildman–Crippen MR) is 79.9 cm³/mol. The molecule has 0 radical (unpaired) electrons. The summed E-state index contributed by atoms with van der Waals surface area (Å²) < 4.78 is 0. The van der Waals surface area contributed by atoms with Crippen LogP contribution in [-0.2, 0) is 0 Å². The average Bonchev–Trinajstić information content (AvgIpc) is 2.96. The summed E-state index contributed by atoms with van der Waals surface area (Å²) >= 11 is 0. The Morgan fingerprint density at radius 3 is 2.95 bits per heavy atom. The third kappa shape index (κ3) is 2.47. The van der Waals surface area contributed by atoms with E-state index in [1.165, 1.54) is 0 Å². The highest BCUT2D eigenvalue weighted by Crippen LogP contribution is 2.18. The number of aromatic nitrogens is 2. The maximum absolute atomic E-state index is 12.3. The largest absolute Gasteiger partial charge is 0.345 e. The van der Waals surface area contributed by atoms with E-state index in [2.05, 4.69) is 21.4 Å². The van der Waals surface area contributed by atoms with E-state index in [1.54, 1.807) is 36.7 Å². The molecule has 0 bridgehead atoms. The Balaban J connectivity index is 1.90. The molecule has 3 rings (SSSR count). The Hall–Kier alpha value is -3.13. The summed E-state index contributed by atoms with van der Waals surface area (Å²) in [5.74, 6) is -0.218. The molecule has 0 aliphatic carbocycles. The quantitative estimate of drug-likeness (QED) is 0.754. The van der Waals surface area contributed by atoms with Crippen molar-refractivity contribution in [2.45, 2.75) is 6.92 Å². The fourth-order valence-electron chi connectivity index (χ4n) is 2.10. The lowest BCUT2D eigenvalue weighted by atomic mass is 10.1. The number of nitrogens with one attached hydrogen (secondary N) is 2.